The topological polar surface area (TPSA) is 87.2 Å². The second-order valence-corrected chi connectivity index (χ2v) is 7.95. The van der Waals surface area contributed by atoms with Crippen molar-refractivity contribution in [1.29, 1.82) is 0 Å². The molecule has 0 fully saturated rings. The van der Waals surface area contributed by atoms with E-state index in [0.717, 1.165) is 29.5 Å². The summed E-state index contributed by atoms with van der Waals surface area (Å²) in [6, 6.07) is 0. The number of methoxy groups -OCH3 is 1. The molecule has 6 nitrogen and oxygen atoms in total. The van der Waals surface area contributed by atoms with Gasteiger partial charge in [-0.15, -0.1) is 11.3 Å². The van der Waals surface area contributed by atoms with Gasteiger partial charge in [0.25, 0.3) is 5.56 Å². The Kier molecular flexibility index (Phi) is 5.57. The molecule has 2 N–H and O–H groups in total. The zero-order valence-corrected chi connectivity index (χ0v) is 15.3. The molecule has 0 atom stereocenters. The van der Waals surface area contributed by atoms with Crippen molar-refractivity contribution in [2.24, 2.45) is 5.73 Å². The highest BCUT2D eigenvalue weighted by molar-refractivity contribution is 7.99. The number of thioether (sulfide) groups is 1. The minimum Gasteiger partial charge on any atom is -0.383 e. The van der Waals surface area contributed by atoms with E-state index in [0.29, 0.717) is 24.1 Å². The Hall–Kier alpha value is -1.38. The maximum absolute atomic E-state index is 13.1. The molecule has 24 heavy (non-hydrogen) atoms. The molecule has 1 aliphatic rings. The van der Waals surface area contributed by atoms with Crippen LogP contribution in [-0.2, 0) is 28.9 Å². The van der Waals surface area contributed by atoms with E-state index in [2.05, 4.69) is 0 Å². The summed E-state index contributed by atoms with van der Waals surface area (Å²) in [7, 11) is 1.61. The third-order valence-corrected chi connectivity index (χ3v) is 6.30. The number of carbonyl (C=O) groups is 1. The number of aromatic nitrogens is 2. The van der Waals surface area contributed by atoms with Crippen molar-refractivity contribution in [3.8, 4) is 0 Å². The van der Waals surface area contributed by atoms with E-state index >= 15 is 0 Å². The minimum atomic E-state index is -0.346. The average molecular weight is 367 g/mol. The molecule has 2 aromatic rings. The number of amides is 1. The summed E-state index contributed by atoms with van der Waals surface area (Å²) in [6.07, 6.45) is 4.58. The van der Waals surface area contributed by atoms with Crippen molar-refractivity contribution in [1.82, 2.24) is 9.55 Å². The lowest BCUT2D eigenvalue weighted by molar-refractivity contribution is -0.117. The Balaban J connectivity index is 2.04. The van der Waals surface area contributed by atoms with Crippen LogP contribution in [0.3, 0.4) is 0 Å². The molecule has 0 saturated carbocycles. The third kappa shape index (κ3) is 3.50. The first-order chi connectivity index (χ1) is 11.6. The number of thiophene rings is 1. The number of nitrogens with zero attached hydrogens (tertiary/aromatic N) is 2. The Morgan fingerprint density at radius 1 is 1.42 bits per heavy atom. The van der Waals surface area contributed by atoms with E-state index in [1.54, 1.807) is 23.0 Å². The molecule has 0 unspecified atom stereocenters. The van der Waals surface area contributed by atoms with Crippen LogP contribution in [0.15, 0.2) is 9.95 Å². The summed E-state index contributed by atoms with van der Waals surface area (Å²) >= 11 is 3.04. The number of ether oxygens (including phenoxy) is 1. The quantitative estimate of drug-likeness (QED) is 0.597. The first-order valence-electron chi connectivity index (χ1n) is 8.07. The molecule has 1 amide bonds. The van der Waals surface area contributed by atoms with Gasteiger partial charge in [-0.2, -0.15) is 0 Å². The molecule has 0 bridgehead atoms. The zero-order valence-electron chi connectivity index (χ0n) is 13.7. The maximum atomic E-state index is 13.1. The molecule has 0 radical (unpaired) electrons. The molecule has 8 heteroatoms. The first kappa shape index (κ1) is 17.4. The number of hydrogen-bond donors (Lipinski definition) is 1. The highest BCUT2D eigenvalue weighted by atomic mass is 32.2. The Bertz CT molecular complexity index is 813. The lowest BCUT2D eigenvalue weighted by Gasteiger charge is -2.13. The van der Waals surface area contributed by atoms with Crippen molar-refractivity contribution >= 4 is 39.2 Å². The largest absolute Gasteiger partial charge is 0.383 e. The van der Waals surface area contributed by atoms with Crippen LogP contribution in [0.5, 0.6) is 0 Å². The highest BCUT2D eigenvalue weighted by Gasteiger charge is 2.22. The SMILES string of the molecule is COCCn1c(SCCC(N)=O)nc2sc3c(c2c1=O)CCCC3. The normalized spacial score (nSPS) is 14.0. The van der Waals surface area contributed by atoms with Crippen molar-refractivity contribution < 1.29 is 9.53 Å². The fourth-order valence-electron chi connectivity index (χ4n) is 2.95. The molecular weight excluding hydrogens is 346 g/mol. The van der Waals surface area contributed by atoms with Crippen LogP contribution in [-0.4, -0.2) is 34.9 Å². The van der Waals surface area contributed by atoms with Crippen LogP contribution < -0.4 is 11.3 Å². The van der Waals surface area contributed by atoms with Crippen molar-refractivity contribution in [3.05, 3.63) is 20.8 Å². The fourth-order valence-corrected chi connectivity index (χ4v) is 5.23. The molecule has 0 spiro atoms. The van der Waals surface area contributed by atoms with E-state index in [4.69, 9.17) is 15.5 Å². The Morgan fingerprint density at radius 2 is 2.21 bits per heavy atom. The van der Waals surface area contributed by atoms with Gasteiger partial charge >= 0.3 is 0 Å². The second-order valence-electron chi connectivity index (χ2n) is 5.80. The number of aryl methyl sites for hydroxylation is 2. The van der Waals surface area contributed by atoms with Gasteiger partial charge in [0.05, 0.1) is 18.5 Å². The van der Waals surface area contributed by atoms with Crippen LogP contribution >= 0.6 is 23.1 Å². The molecule has 0 saturated heterocycles. The highest BCUT2D eigenvalue weighted by Crippen LogP contribution is 2.34. The number of fused-ring (bicyclic) bond motifs is 3. The summed E-state index contributed by atoms with van der Waals surface area (Å²) in [5.74, 6) is 0.173. The van der Waals surface area contributed by atoms with Gasteiger partial charge in [0.1, 0.15) is 4.83 Å². The van der Waals surface area contributed by atoms with Gasteiger partial charge in [-0.3, -0.25) is 14.2 Å². The fraction of sp³-hybridized carbons (Fsp3) is 0.562. The van der Waals surface area contributed by atoms with Crippen LogP contribution in [0, 0.1) is 0 Å². The van der Waals surface area contributed by atoms with E-state index in [-0.39, 0.29) is 17.9 Å². The predicted molar refractivity (Wildman–Crippen MR) is 96.9 cm³/mol. The van der Waals surface area contributed by atoms with Gasteiger partial charge in [0, 0.05) is 24.2 Å². The Labute approximate surface area is 148 Å². The van der Waals surface area contributed by atoms with E-state index in [1.807, 2.05) is 0 Å². The monoisotopic (exact) mass is 367 g/mol. The molecule has 3 rings (SSSR count). The van der Waals surface area contributed by atoms with Crippen molar-refractivity contribution in [2.75, 3.05) is 19.5 Å². The minimum absolute atomic E-state index is 0.0121. The maximum Gasteiger partial charge on any atom is 0.263 e. The van der Waals surface area contributed by atoms with Gasteiger partial charge < -0.3 is 10.5 Å². The molecule has 2 heterocycles. The summed E-state index contributed by atoms with van der Waals surface area (Å²) in [6.45, 7) is 0.907. The standard InChI is InChI=1S/C16H21N3O3S2/c1-22-8-7-19-15(21)13-10-4-2-3-5-11(10)24-14(13)18-16(19)23-9-6-12(17)20/h2-9H2,1H3,(H2,17,20). The third-order valence-electron chi connectivity index (χ3n) is 4.14. The number of hydrogen-bond acceptors (Lipinski definition) is 6. The molecule has 130 valence electrons. The summed E-state index contributed by atoms with van der Waals surface area (Å²) in [5, 5.41) is 1.43. The van der Waals surface area contributed by atoms with Crippen LogP contribution in [0.4, 0.5) is 0 Å². The van der Waals surface area contributed by atoms with Crippen LogP contribution in [0.25, 0.3) is 10.2 Å². The number of primary amides is 1. The Morgan fingerprint density at radius 3 is 2.96 bits per heavy atom. The van der Waals surface area contributed by atoms with Crippen LogP contribution in [0.1, 0.15) is 29.7 Å². The number of carbonyl (C=O) groups excluding carboxylic acids is 1. The second kappa shape index (κ2) is 7.67. The lowest BCUT2D eigenvalue weighted by Crippen LogP contribution is -2.25. The number of nitrogens with two attached hydrogens (primary N) is 1. The van der Waals surface area contributed by atoms with Gasteiger partial charge in [-0.1, -0.05) is 11.8 Å². The lowest BCUT2D eigenvalue weighted by atomic mass is 9.97. The van der Waals surface area contributed by atoms with Gasteiger partial charge in [0.2, 0.25) is 5.91 Å². The summed E-state index contributed by atoms with van der Waals surface area (Å²) < 4.78 is 6.82. The van der Waals surface area contributed by atoms with E-state index in [1.165, 1.54) is 28.6 Å². The van der Waals surface area contributed by atoms with Gasteiger partial charge in [-0.05, 0) is 31.2 Å². The van der Waals surface area contributed by atoms with E-state index in [9.17, 15) is 9.59 Å². The van der Waals surface area contributed by atoms with Crippen molar-refractivity contribution in [3.63, 3.8) is 0 Å². The van der Waals surface area contributed by atoms with Gasteiger partial charge in [-0.25, -0.2) is 4.98 Å². The number of rotatable bonds is 7. The zero-order chi connectivity index (χ0) is 17.1. The summed E-state index contributed by atoms with van der Waals surface area (Å²) in [4.78, 5) is 30.9. The molecule has 0 aliphatic heterocycles. The van der Waals surface area contributed by atoms with Crippen molar-refractivity contribution in [2.45, 2.75) is 43.8 Å². The first-order valence-corrected chi connectivity index (χ1v) is 9.87. The van der Waals surface area contributed by atoms with E-state index < -0.39 is 0 Å². The smallest absolute Gasteiger partial charge is 0.263 e. The molecule has 2 aromatic heterocycles. The van der Waals surface area contributed by atoms with Gasteiger partial charge in [0.15, 0.2) is 5.16 Å². The molecular formula is C16H21N3O3S2. The average Bonchev–Trinajstić information content (AvgIpc) is 2.92. The van der Waals surface area contributed by atoms with Crippen LogP contribution in [0.2, 0.25) is 0 Å². The predicted octanol–water partition coefficient (Wildman–Crippen LogP) is 1.95. The molecule has 0 aromatic carbocycles. The summed E-state index contributed by atoms with van der Waals surface area (Å²) in [5.41, 5.74) is 6.41. The molecule has 1 aliphatic carbocycles.